The predicted molar refractivity (Wildman–Crippen MR) is 94.3 cm³/mol. The summed E-state index contributed by atoms with van der Waals surface area (Å²) in [6, 6.07) is 0. The van der Waals surface area contributed by atoms with Crippen molar-refractivity contribution in [3.8, 4) is 0 Å². The molecule has 1 heterocycles. The van der Waals surface area contributed by atoms with Crippen molar-refractivity contribution in [1.29, 1.82) is 0 Å². The van der Waals surface area contributed by atoms with Gasteiger partial charge in [-0.3, -0.25) is 0 Å². The fourth-order valence-corrected chi connectivity index (χ4v) is 3.28. The summed E-state index contributed by atoms with van der Waals surface area (Å²) in [5.74, 6) is 0. The van der Waals surface area contributed by atoms with Crippen LogP contribution in [0.2, 0.25) is 18.1 Å². The van der Waals surface area contributed by atoms with Gasteiger partial charge in [0, 0.05) is 12.0 Å². The maximum Gasteiger partial charge on any atom is 0.191 e. The minimum absolute atomic E-state index is 0.209. The first-order valence-corrected chi connectivity index (χ1v) is 11.2. The van der Waals surface area contributed by atoms with E-state index in [1.54, 1.807) is 11.3 Å². The minimum Gasteiger partial charge on any atom is -0.417 e. The zero-order chi connectivity index (χ0) is 16.3. The van der Waals surface area contributed by atoms with Crippen LogP contribution in [-0.4, -0.2) is 31.1 Å². The molecule has 0 bridgehead atoms. The van der Waals surface area contributed by atoms with E-state index < -0.39 is 14.4 Å². The number of hydrogen-bond acceptors (Lipinski definition) is 4. The Morgan fingerprint density at radius 3 is 2.57 bits per heavy atom. The Morgan fingerprint density at radius 2 is 2.10 bits per heavy atom. The largest absolute Gasteiger partial charge is 0.417 e. The van der Waals surface area contributed by atoms with Crippen LogP contribution in [0.4, 0.5) is 0 Å². The van der Waals surface area contributed by atoms with Gasteiger partial charge in [-0.1, -0.05) is 20.8 Å². The normalized spacial score (nSPS) is 15.3. The third kappa shape index (κ3) is 5.66. The lowest BCUT2D eigenvalue weighted by molar-refractivity contribution is 0.164. The van der Waals surface area contributed by atoms with Crippen LogP contribution in [0, 0.1) is 6.92 Å². The molecular formula is C16H29NO2SSi. The maximum absolute atomic E-state index is 10.2. The van der Waals surface area contributed by atoms with Gasteiger partial charge in [0.25, 0.3) is 0 Å². The molecule has 0 radical (unpaired) electrons. The first kappa shape index (κ1) is 18.6. The maximum atomic E-state index is 10.2. The third-order valence-electron chi connectivity index (χ3n) is 4.20. The van der Waals surface area contributed by atoms with E-state index in [1.165, 1.54) is 0 Å². The molecule has 1 aromatic rings. The fraction of sp³-hybridized carbons (Fsp3) is 0.688. The fourth-order valence-electron chi connectivity index (χ4n) is 1.65. The van der Waals surface area contributed by atoms with Crippen LogP contribution in [0.3, 0.4) is 0 Å². The summed E-state index contributed by atoms with van der Waals surface area (Å²) in [6.07, 6.45) is 2.13. The first-order valence-electron chi connectivity index (χ1n) is 7.45. The van der Waals surface area contributed by atoms with Crippen LogP contribution in [0.1, 0.15) is 44.8 Å². The molecule has 0 saturated heterocycles. The minimum atomic E-state index is -1.72. The lowest BCUT2D eigenvalue weighted by Crippen LogP contribution is -2.41. The molecular weight excluding hydrogens is 298 g/mol. The molecule has 120 valence electrons. The predicted octanol–water partition coefficient (Wildman–Crippen LogP) is 4.63. The molecule has 0 fully saturated rings. The first-order chi connectivity index (χ1) is 9.53. The Bertz CT molecular complexity index is 489. The highest BCUT2D eigenvalue weighted by Crippen LogP contribution is 2.36. The van der Waals surface area contributed by atoms with Crippen molar-refractivity contribution in [2.24, 2.45) is 0 Å². The highest BCUT2D eigenvalue weighted by molar-refractivity contribution is 7.09. The van der Waals surface area contributed by atoms with Gasteiger partial charge in [0.05, 0.1) is 16.8 Å². The van der Waals surface area contributed by atoms with Crippen molar-refractivity contribution >= 4 is 25.7 Å². The average molecular weight is 328 g/mol. The van der Waals surface area contributed by atoms with Crippen LogP contribution >= 0.6 is 11.3 Å². The Labute approximate surface area is 134 Å². The van der Waals surface area contributed by atoms with Crippen LogP contribution in [0.25, 0.3) is 6.08 Å². The van der Waals surface area contributed by atoms with Crippen molar-refractivity contribution in [3.05, 3.63) is 21.7 Å². The average Bonchev–Trinajstić information content (AvgIpc) is 2.72. The zero-order valence-electron chi connectivity index (χ0n) is 14.4. The molecule has 0 aliphatic carbocycles. The number of thiazole rings is 1. The second-order valence-corrected chi connectivity index (χ2v) is 13.0. The van der Waals surface area contributed by atoms with Crippen LogP contribution in [0.15, 0.2) is 11.0 Å². The smallest absolute Gasteiger partial charge is 0.191 e. The van der Waals surface area contributed by atoms with Crippen molar-refractivity contribution in [3.63, 3.8) is 0 Å². The molecule has 0 spiro atoms. The molecule has 1 rings (SSSR count). The summed E-state index contributed by atoms with van der Waals surface area (Å²) >= 11 is 1.63. The van der Waals surface area contributed by atoms with Gasteiger partial charge < -0.3 is 9.53 Å². The lowest BCUT2D eigenvalue weighted by atomic mass is 10.1. The van der Waals surface area contributed by atoms with E-state index in [0.717, 1.165) is 16.3 Å². The monoisotopic (exact) mass is 327 g/mol. The molecule has 0 aliphatic heterocycles. The number of rotatable bonds is 6. The standard InChI is InChI=1S/C16H29NO2SSi/c1-12(10-14-11-20-13(2)17-14)15(18)8-9-19-21(6,7)16(3,4)5/h10-11,15,18H,8-9H2,1-7H3/b12-10+/t15-/m0/s1. The molecule has 0 saturated carbocycles. The molecule has 21 heavy (non-hydrogen) atoms. The van der Waals surface area contributed by atoms with Gasteiger partial charge in [0.1, 0.15) is 0 Å². The number of hydrogen-bond donors (Lipinski definition) is 1. The summed E-state index contributed by atoms with van der Waals surface area (Å²) in [5.41, 5.74) is 1.87. The summed E-state index contributed by atoms with van der Waals surface area (Å²) in [7, 11) is -1.72. The second kappa shape index (κ2) is 7.18. The zero-order valence-corrected chi connectivity index (χ0v) is 16.2. The van der Waals surface area contributed by atoms with Gasteiger partial charge in [-0.05, 0) is 50.0 Å². The summed E-state index contributed by atoms with van der Waals surface area (Å²) in [5, 5.41) is 13.5. The van der Waals surface area contributed by atoms with Gasteiger partial charge in [0.2, 0.25) is 0 Å². The van der Waals surface area contributed by atoms with E-state index in [-0.39, 0.29) is 5.04 Å². The van der Waals surface area contributed by atoms with Crippen LogP contribution in [-0.2, 0) is 4.43 Å². The highest BCUT2D eigenvalue weighted by atomic mass is 32.1. The van der Waals surface area contributed by atoms with E-state index >= 15 is 0 Å². The van der Waals surface area contributed by atoms with Gasteiger partial charge in [-0.25, -0.2) is 4.98 Å². The molecule has 1 aromatic heterocycles. The van der Waals surface area contributed by atoms with E-state index in [9.17, 15) is 5.11 Å². The molecule has 5 heteroatoms. The number of aliphatic hydroxyl groups excluding tert-OH is 1. The van der Waals surface area contributed by atoms with Gasteiger partial charge in [-0.2, -0.15) is 0 Å². The second-order valence-electron chi connectivity index (χ2n) is 7.09. The highest BCUT2D eigenvalue weighted by Gasteiger charge is 2.36. The molecule has 0 amide bonds. The number of aromatic nitrogens is 1. The Balaban J connectivity index is 2.50. The van der Waals surface area contributed by atoms with E-state index in [1.807, 2.05) is 25.3 Å². The molecule has 1 atom stereocenters. The Morgan fingerprint density at radius 1 is 1.48 bits per heavy atom. The quantitative estimate of drug-likeness (QED) is 0.775. The molecule has 0 aromatic carbocycles. The Kier molecular flexibility index (Phi) is 6.34. The van der Waals surface area contributed by atoms with Crippen LogP contribution < -0.4 is 0 Å². The SMILES string of the molecule is C/C(=C\c1csc(C)n1)[C@@H](O)CCO[Si](C)(C)C(C)(C)C. The summed E-state index contributed by atoms with van der Waals surface area (Å²) < 4.78 is 6.11. The molecule has 0 unspecified atom stereocenters. The van der Waals surface area contributed by atoms with Crippen LogP contribution in [0.5, 0.6) is 0 Å². The topological polar surface area (TPSA) is 42.4 Å². The molecule has 0 aliphatic rings. The van der Waals surface area contributed by atoms with Crippen molar-refractivity contribution in [2.75, 3.05) is 6.61 Å². The number of nitrogens with zero attached hydrogens (tertiary/aromatic N) is 1. The Hall–Kier alpha value is -0.493. The van der Waals surface area contributed by atoms with Gasteiger partial charge in [-0.15, -0.1) is 11.3 Å². The molecule has 1 N–H and O–H groups in total. The van der Waals surface area contributed by atoms with Gasteiger partial charge >= 0.3 is 0 Å². The molecule has 3 nitrogen and oxygen atoms in total. The number of aliphatic hydroxyl groups is 1. The number of aryl methyl sites for hydroxylation is 1. The van der Waals surface area contributed by atoms with E-state index in [0.29, 0.717) is 13.0 Å². The summed E-state index contributed by atoms with van der Waals surface area (Å²) in [4.78, 5) is 4.39. The lowest BCUT2D eigenvalue weighted by Gasteiger charge is -2.36. The van der Waals surface area contributed by atoms with Crippen molar-refractivity contribution in [1.82, 2.24) is 4.98 Å². The third-order valence-corrected chi connectivity index (χ3v) is 9.53. The van der Waals surface area contributed by atoms with E-state index in [2.05, 4.69) is 38.8 Å². The van der Waals surface area contributed by atoms with E-state index in [4.69, 9.17) is 4.43 Å². The van der Waals surface area contributed by atoms with Gasteiger partial charge in [0.15, 0.2) is 8.32 Å². The van der Waals surface area contributed by atoms with Crippen molar-refractivity contribution in [2.45, 2.75) is 65.3 Å². The van der Waals surface area contributed by atoms with Crippen molar-refractivity contribution < 1.29 is 9.53 Å². The summed E-state index contributed by atoms with van der Waals surface area (Å²) in [6.45, 7) is 15.7.